The highest BCUT2D eigenvalue weighted by atomic mass is 16.4. The van der Waals surface area contributed by atoms with E-state index in [2.05, 4.69) is 26.8 Å². The van der Waals surface area contributed by atoms with Crippen LogP contribution in [0.4, 0.5) is 10.6 Å². The Bertz CT molecular complexity index is 980. The highest BCUT2D eigenvalue weighted by Gasteiger charge is 2.37. The number of hydrogen-bond donors (Lipinski definition) is 2. The fraction of sp³-hybridized carbons (Fsp3) is 0.650. The Labute approximate surface area is 174 Å². The van der Waals surface area contributed by atoms with Crippen molar-refractivity contribution in [1.29, 1.82) is 0 Å². The first-order valence-electron chi connectivity index (χ1n) is 10.8. The van der Waals surface area contributed by atoms with Crippen LogP contribution in [0.3, 0.4) is 0 Å². The zero-order chi connectivity index (χ0) is 20.8. The van der Waals surface area contributed by atoms with Crippen LogP contribution in [0.25, 0.3) is 11.2 Å². The van der Waals surface area contributed by atoms with Crippen LogP contribution in [-0.4, -0.2) is 78.6 Å². The third-order valence-corrected chi connectivity index (χ3v) is 6.39. The van der Waals surface area contributed by atoms with Gasteiger partial charge in [0.1, 0.15) is 12.2 Å². The Morgan fingerprint density at radius 2 is 1.97 bits per heavy atom. The number of amides is 2. The summed E-state index contributed by atoms with van der Waals surface area (Å²) >= 11 is 0. The lowest BCUT2D eigenvalue weighted by Crippen LogP contribution is -2.50. The predicted octanol–water partition coefficient (Wildman–Crippen LogP) is 1.42. The number of aromatic nitrogens is 4. The molecule has 3 fully saturated rings. The molecule has 2 saturated heterocycles. The van der Waals surface area contributed by atoms with Gasteiger partial charge in [0, 0.05) is 57.0 Å². The van der Waals surface area contributed by atoms with E-state index in [0.29, 0.717) is 31.4 Å². The van der Waals surface area contributed by atoms with E-state index in [1.165, 1.54) is 4.90 Å². The molecule has 1 atom stereocenters. The molecule has 2 aromatic rings. The van der Waals surface area contributed by atoms with Gasteiger partial charge in [0.15, 0.2) is 17.0 Å². The molecule has 160 valence electrons. The number of rotatable bonds is 6. The van der Waals surface area contributed by atoms with Gasteiger partial charge in [-0.15, -0.1) is 0 Å². The van der Waals surface area contributed by atoms with E-state index in [1.807, 2.05) is 4.90 Å². The van der Waals surface area contributed by atoms with Gasteiger partial charge in [-0.05, 0) is 26.2 Å². The van der Waals surface area contributed by atoms with Crippen LogP contribution in [0.15, 0.2) is 6.33 Å². The molecule has 0 spiro atoms. The van der Waals surface area contributed by atoms with Crippen LogP contribution in [0, 0.1) is 11.8 Å². The molecule has 0 radical (unpaired) electrons. The lowest BCUT2D eigenvalue weighted by atomic mass is 9.96. The van der Waals surface area contributed by atoms with Crippen LogP contribution >= 0.6 is 0 Å². The monoisotopic (exact) mass is 413 g/mol. The molecule has 2 N–H and O–H groups in total. The molecule has 1 aliphatic carbocycles. The molecule has 10 nitrogen and oxygen atoms in total. The van der Waals surface area contributed by atoms with E-state index in [4.69, 9.17) is 10.1 Å². The second kappa shape index (κ2) is 7.41. The summed E-state index contributed by atoms with van der Waals surface area (Å²) in [5.41, 5.74) is 1.54. The van der Waals surface area contributed by atoms with Crippen molar-refractivity contribution in [2.45, 2.75) is 45.2 Å². The number of anilines is 1. The minimum atomic E-state index is -0.863. The number of aryl methyl sites for hydroxylation is 1. The molecular weight excluding hydrogens is 386 g/mol. The summed E-state index contributed by atoms with van der Waals surface area (Å²) in [6, 6.07) is 0.164. The van der Waals surface area contributed by atoms with Crippen LogP contribution in [0.2, 0.25) is 0 Å². The van der Waals surface area contributed by atoms with E-state index in [0.717, 1.165) is 55.8 Å². The van der Waals surface area contributed by atoms with Crippen LogP contribution in [0.1, 0.15) is 32.0 Å². The number of likely N-dealkylation sites (tertiary alicyclic amines) is 2. The molecule has 3 aliphatic rings. The molecule has 30 heavy (non-hydrogen) atoms. The SMILES string of the molecule is CCn1c(CC2CN(C(=O)O)C2)nc2c(NC3CCN(C(=O)C4CC4)C3)ncnc21. The lowest BCUT2D eigenvalue weighted by Gasteiger charge is -2.36. The second-order valence-corrected chi connectivity index (χ2v) is 8.61. The number of nitrogens with one attached hydrogen (secondary N) is 1. The maximum absolute atomic E-state index is 12.3. The van der Waals surface area contributed by atoms with Gasteiger partial charge in [-0.1, -0.05) is 0 Å². The number of carbonyl (C=O) groups is 2. The first-order chi connectivity index (χ1) is 14.5. The normalized spacial score (nSPS) is 21.8. The smallest absolute Gasteiger partial charge is 0.407 e. The number of carboxylic acid groups (broad SMARTS) is 1. The summed E-state index contributed by atoms with van der Waals surface area (Å²) in [5, 5.41) is 12.5. The van der Waals surface area contributed by atoms with Gasteiger partial charge in [-0.3, -0.25) is 4.79 Å². The quantitative estimate of drug-likeness (QED) is 0.736. The zero-order valence-corrected chi connectivity index (χ0v) is 17.1. The highest BCUT2D eigenvalue weighted by Crippen LogP contribution is 2.32. The third kappa shape index (κ3) is 3.44. The van der Waals surface area contributed by atoms with Crippen molar-refractivity contribution in [3.05, 3.63) is 12.2 Å². The maximum Gasteiger partial charge on any atom is 0.407 e. The predicted molar refractivity (Wildman–Crippen MR) is 109 cm³/mol. The summed E-state index contributed by atoms with van der Waals surface area (Å²) in [5.74, 6) is 2.45. The van der Waals surface area contributed by atoms with Crippen molar-refractivity contribution in [3.8, 4) is 0 Å². The van der Waals surface area contributed by atoms with Gasteiger partial charge in [0.2, 0.25) is 5.91 Å². The van der Waals surface area contributed by atoms with Crippen molar-refractivity contribution in [3.63, 3.8) is 0 Å². The Morgan fingerprint density at radius 1 is 1.17 bits per heavy atom. The highest BCUT2D eigenvalue weighted by molar-refractivity contribution is 5.84. The number of nitrogens with zero attached hydrogens (tertiary/aromatic N) is 6. The average molecular weight is 413 g/mol. The van der Waals surface area contributed by atoms with Crippen molar-refractivity contribution in [2.75, 3.05) is 31.5 Å². The van der Waals surface area contributed by atoms with Crippen LogP contribution in [-0.2, 0) is 17.8 Å². The molecule has 4 heterocycles. The van der Waals surface area contributed by atoms with Gasteiger partial charge in [0.25, 0.3) is 0 Å². The molecule has 0 aromatic carbocycles. The summed E-state index contributed by atoms with van der Waals surface area (Å²) in [6.45, 7) is 5.39. The largest absolute Gasteiger partial charge is 0.465 e. The van der Waals surface area contributed by atoms with E-state index in [1.54, 1.807) is 6.33 Å². The minimum Gasteiger partial charge on any atom is -0.465 e. The van der Waals surface area contributed by atoms with Crippen molar-refractivity contribution >= 4 is 29.0 Å². The standard InChI is InChI=1S/C20H27N7O3/c1-2-27-15(7-12-8-26(9-12)20(29)30)24-16-17(21-11-22-18(16)27)23-14-5-6-25(10-14)19(28)13-3-4-13/h11-14H,2-10H2,1H3,(H,29,30)(H,21,22,23). The summed E-state index contributed by atoms with van der Waals surface area (Å²) < 4.78 is 2.09. The van der Waals surface area contributed by atoms with Gasteiger partial charge in [-0.25, -0.2) is 19.7 Å². The van der Waals surface area contributed by atoms with Gasteiger partial charge in [0.05, 0.1) is 0 Å². The van der Waals surface area contributed by atoms with E-state index >= 15 is 0 Å². The molecule has 2 aromatic heterocycles. The minimum absolute atomic E-state index is 0.164. The molecule has 2 amide bonds. The molecule has 10 heteroatoms. The Morgan fingerprint density at radius 3 is 2.67 bits per heavy atom. The molecule has 2 aliphatic heterocycles. The van der Waals surface area contributed by atoms with E-state index in [-0.39, 0.29) is 17.9 Å². The molecular formula is C20H27N7O3. The van der Waals surface area contributed by atoms with Crippen LogP contribution in [0.5, 0.6) is 0 Å². The summed E-state index contributed by atoms with van der Waals surface area (Å²) in [4.78, 5) is 40.5. The van der Waals surface area contributed by atoms with Crippen molar-refractivity contribution < 1.29 is 14.7 Å². The number of carbonyl (C=O) groups excluding carboxylic acids is 1. The van der Waals surface area contributed by atoms with Gasteiger partial charge >= 0.3 is 6.09 Å². The maximum atomic E-state index is 12.3. The van der Waals surface area contributed by atoms with Crippen molar-refractivity contribution in [1.82, 2.24) is 29.3 Å². The Balaban J connectivity index is 1.31. The molecule has 1 unspecified atom stereocenters. The number of imidazole rings is 1. The Hall–Kier alpha value is -2.91. The topological polar surface area (TPSA) is 116 Å². The van der Waals surface area contributed by atoms with Crippen molar-refractivity contribution in [2.24, 2.45) is 11.8 Å². The number of fused-ring (bicyclic) bond motifs is 1. The number of hydrogen-bond acceptors (Lipinski definition) is 6. The fourth-order valence-corrected chi connectivity index (χ4v) is 4.55. The molecule has 1 saturated carbocycles. The van der Waals surface area contributed by atoms with Crippen LogP contribution < -0.4 is 5.32 Å². The fourth-order valence-electron chi connectivity index (χ4n) is 4.55. The lowest BCUT2D eigenvalue weighted by molar-refractivity contribution is -0.131. The van der Waals surface area contributed by atoms with Gasteiger partial charge in [-0.2, -0.15) is 0 Å². The molecule has 5 rings (SSSR count). The van der Waals surface area contributed by atoms with Gasteiger partial charge < -0.3 is 24.8 Å². The second-order valence-electron chi connectivity index (χ2n) is 8.61. The average Bonchev–Trinajstić information content (AvgIpc) is 3.33. The van der Waals surface area contributed by atoms with E-state index < -0.39 is 6.09 Å². The first-order valence-corrected chi connectivity index (χ1v) is 10.8. The Kier molecular flexibility index (Phi) is 4.71. The first kappa shape index (κ1) is 19.1. The van der Waals surface area contributed by atoms with E-state index in [9.17, 15) is 9.59 Å². The summed E-state index contributed by atoms with van der Waals surface area (Å²) in [7, 11) is 0. The zero-order valence-electron chi connectivity index (χ0n) is 17.1. The third-order valence-electron chi connectivity index (χ3n) is 6.39. The molecule has 0 bridgehead atoms. The summed E-state index contributed by atoms with van der Waals surface area (Å²) in [6.07, 6.45) is 4.38.